The number of anilines is 2. The first kappa shape index (κ1) is 30.5. The number of pyridine rings is 1. The molecule has 6 rings (SSSR count). The summed E-state index contributed by atoms with van der Waals surface area (Å²) >= 11 is 0. The molecule has 2 aliphatic carbocycles. The molecule has 8 nitrogen and oxygen atoms in total. The maximum atomic E-state index is 13.0. The van der Waals surface area contributed by atoms with E-state index in [9.17, 15) is 8.42 Å². The van der Waals surface area contributed by atoms with Crippen LogP contribution in [0.3, 0.4) is 0 Å². The summed E-state index contributed by atoms with van der Waals surface area (Å²) in [4.78, 5) is 17.1. The van der Waals surface area contributed by atoms with E-state index in [2.05, 4.69) is 46.0 Å². The molecule has 0 unspecified atom stereocenters. The van der Waals surface area contributed by atoms with E-state index in [0.29, 0.717) is 29.4 Å². The summed E-state index contributed by atoms with van der Waals surface area (Å²) in [5.74, 6) is 1.92. The maximum Gasteiger partial charge on any atom is 0.263 e. The first-order valence-corrected chi connectivity index (χ1v) is 17.5. The van der Waals surface area contributed by atoms with Crippen LogP contribution < -0.4 is 10.0 Å². The second-order valence-corrected chi connectivity index (χ2v) is 14.4. The third kappa shape index (κ3) is 6.59. The van der Waals surface area contributed by atoms with Gasteiger partial charge >= 0.3 is 0 Å². The second-order valence-electron chi connectivity index (χ2n) is 12.7. The molecule has 0 spiro atoms. The standard InChI is InChI=1S/C35H44N6O2S/c1-5-26-19-27(31-17-18-33(37-24(31)3)40-44(42,43)32-12-7-6-9-23(32)2)20-28-21-36-35(39-34(26)28)38-29-13-15-30(16-14-29)41(4)22-25-10-8-11-25/h6-7,9,12,17-21,25,29-30H,5,8,10-11,13-16,22H2,1-4H3,(H,37,40)(H,36,38,39). The van der Waals surface area contributed by atoms with Crippen molar-refractivity contribution in [3.05, 3.63) is 71.5 Å². The average molecular weight is 613 g/mol. The number of hydrogen-bond donors (Lipinski definition) is 2. The highest BCUT2D eigenvalue weighted by atomic mass is 32.2. The molecule has 0 aliphatic heterocycles. The fourth-order valence-electron chi connectivity index (χ4n) is 6.76. The summed E-state index contributed by atoms with van der Waals surface area (Å²) in [5.41, 5.74) is 5.50. The molecule has 2 aliphatic rings. The lowest BCUT2D eigenvalue weighted by molar-refractivity contribution is 0.133. The van der Waals surface area contributed by atoms with Crippen LogP contribution in [0.4, 0.5) is 11.8 Å². The number of rotatable bonds is 10. The molecule has 0 amide bonds. The van der Waals surface area contributed by atoms with Crippen LogP contribution >= 0.6 is 0 Å². The molecule has 0 atom stereocenters. The summed E-state index contributed by atoms with van der Waals surface area (Å²) in [6.45, 7) is 7.08. The molecule has 44 heavy (non-hydrogen) atoms. The van der Waals surface area contributed by atoms with Crippen molar-refractivity contribution in [1.82, 2.24) is 19.9 Å². The number of sulfonamides is 1. The Morgan fingerprint density at radius 1 is 0.955 bits per heavy atom. The fourth-order valence-corrected chi connectivity index (χ4v) is 8.01. The van der Waals surface area contributed by atoms with Gasteiger partial charge in [-0.25, -0.2) is 23.4 Å². The lowest BCUT2D eigenvalue weighted by Crippen LogP contribution is -2.41. The van der Waals surface area contributed by atoms with Gasteiger partial charge in [0.25, 0.3) is 10.0 Å². The SMILES string of the molecule is CCc1cc(-c2ccc(NS(=O)(=O)c3ccccc3C)nc2C)cc2cnc(NC3CCC(N(C)CC4CCC4)CC3)nc12. The van der Waals surface area contributed by atoms with Gasteiger partial charge in [0.15, 0.2) is 0 Å². The van der Waals surface area contributed by atoms with E-state index < -0.39 is 10.0 Å². The van der Waals surface area contributed by atoms with Gasteiger partial charge in [0.2, 0.25) is 5.95 Å². The van der Waals surface area contributed by atoms with Gasteiger partial charge in [-0.05, 0) is 119 Å². The van der Waals surface area contributed by atoms with Crippen molar-refractivity contribution in [1.29, 1.82) is 0 Å². The molecule has 9 heteroatoms. The summed E-state index contributed by atoms with van der Waals surface area (Å²) in [6, 6.07) is 15.9. The van der Waals surface area contributed by atoms with E-state index in [4.69, 9.17) is 9.97 Å². The zero-order valence-corrected chi connectivity index (χ0v) is 27.1. The molecule has 0 saturated heterocycles. The van der Waals surface area contributed by atoms with Crippen LogP contribution in [-0.2, 0) is 16.4 Å². The normalized spacial score (nSPS) is 19.2. The van der Waals surface area contributed by atoms with E-state index in [1.54, 1.807) is 31.2 Å². The van der Waals surface area contributed by atoms with Crippen LogP contribution in [0.15, 0.2) is 59.6 Å². The predicted octanol–water partition coefficient (Wildman–Crippen LogP) is 7.13. The molecule has 232 valence electrons. The fraction of sp³-hybridized carbons (Fsp3) is 0.457. The average Bonchev–Trinajstić information content (AvgIpc) is 2.99. The summed E-state index contributed by atoms with van der Waals surface area (Å²) in [7, 11) is -1.43. The van der Waals surface area contributed by atoms with E-state index in [0.717, 1.165) is 58.5 Å². The van der Waals surface area contributed by atoms with Gasteiger partial charge in [-0.1, -0.05) is 31.5 Å². The van der Waals surface area contributed by atoms with E-state index >= 15 is 0 Å². The Kier molecular flexibility index (Phi) is 8.87. The van der Waals surface area contributed by atoms with Crippen molar-refractivity contribution in [2.75, 3.05) is 23.6 Å². The first-order chi connectivity index (χ1) is 21.2. The van der Waals surface area contributed by atoms with E-state index in [-0.39, 0.29) is 4.90 Å². The number of aryl methyl sites for hydroxylation is 3. The molecule has 4 aromatic rings. The molecule has 0 bridgehead atoms. The summed E-state index contributed by atoms with van der Waals surface area (Å²) < 4.78 is 28.6. The Morgan fingerprint density at radius 3 is 2.41 bits per heavy atom. The van der Waals surface area contributed by atoms with Gasteiger partial charge in [-0.3, -0.25) is 4.72 Å². The highest BCUT2D eigenvalue weighted by Crippen LogP contribution is 2.32. The number of aromatic nitrogens is 3. The third-order valence-electron chi connectivity index (χ3n) is 9.59. The Balaban J connectivity index is 1.15. The topological polar surface area (TPSA) is 100 Å². The number of benzene rings is 2. The molecule has 2 aromatic heterocycles. The summed E-state index contributed by atoms with van der Waals surface area (Å²) in [5, 5.41) is 4.62. The van der Waals surface area contributed by atoms with Gasteiger partial charge in [-0.2, -0.15) is 0 Å². The molecule has 2 saturated carbocycles. The van der Waals surface area contributed by atoms with Gasteiger partial charge in [0, 0.05) is 41.5 Å². The van der Waals surface area contributed by atoms with Crippen LogP contribution in [0, 0.1) is 19.8 Å². The highest BCUT2D eigenvalue weighted by Gasteiger charge is 2.27. The van der Waals surface area contributed by atoms with Crippen LogP contribution in [0.1, 0.15) is 68.7 Å². The van der Waals surface area contributed by atoms with Crippen molar-refractivity contribution < 1.29 is 8.42 Å². The zero-order chi connectivity index (χ0) is 30.8. The van der Waals surface area contributed by atoms with Crippen molar-refractivity contribution in [3.63, 3.8) is 0 Å². The third-order valence-corrected chi connectivity index (χ3v) is 11.1. The smallest absolute Gasteiger partial charge is 0.263 e. The minimum atomic E-state index is -3.74. The Morgan fingerprint density at radius 2 is 1.73 bits per heavy atom. The molecule has 2 fully saturated rings. The quantitative estimate of drug-likeness (QED) is 0.197. The first-order valence-electron chi connectivity index (χ1n) is 16.0. The Hall–Kier alpha value is -3.56. The minimum absolute atomic E-state index is 0.249. The second kappa shape index (κ2) is 12.8. The molecule has 2 N–H and O–H groups in total. The van der Waals surface area contributed by atoms with Crippen molar-refractivity contribution >= 4 is 32.7 Å². The minimum Gasteiger partial charge on any atom is -0.351 e. The van der Waals surface area contributed by atoms with E-state index in [1.165, 1.54) is 38.6 Å². The Labute approximate surface area is 261 Å². The van der Waals surface area contributed by atoms with Crippen LogP contribution in [0.2, 0.25) is 0 Å². The number of fused-ring (bicyclic) bond motifs is 1. The van der Waals surface area contributed by atoms with Gasteiger partial charge < -0.3 is 10.2 Å². The summed E-state index contributed by atoms with van der Waals surface area (Å²) in [6.07, 6.45) is 11.7. The predicted molar refractivity (Wildman–Crippen MR) is 179 cm³/mol. The van der Waals surface area contributed by atoms with Gasteiger partial charge in [0.1, 0.15) is 5.82 Å². The van der Waals surface area contributed by atoms with E-state index in [1.807, 2.05) is 25.3 Å². The monoisotopic (exact) mass is 612 g/mol. The number of hydrogen-bond acceptors (Lipinski definition) is 7. The van der Waals surface area contributed by atoms with Gasteiger partial charge in [0.05, 0.1) is 10.4 Å². The maximum absolute atomic E-state index is 13.0. The van der Waals surface area contributed by atoms with Crippen LogP contribution in [0.5, 0.6) is 0 Å². The number of nitrogens with zero attached hydrogens (tertiary/aromatic N) is 4. The van der Waals surface area contributed by atoms with Crippen molar-refractivity contribution in [3.8, 4) is 11.1 Å². The lowest BCUT2D eigenvalue weighted by Gasteiger charge is -2.38. The van der Waals surface area contributed by atoms with Crippen molar-refractivity contribution in [2.24, 2.45) is 5.92 Å². The molecular formula is C35H44N6O2S. The van der Waals surface area contributed by atoms with Crippen LogP contribution in [0.25, 0.3) is 22.0 Å². The largest absolute Gasteiger partial charge is 0.351 e. The Bertz CT molecular complexity index is 1750. The molecule has 0 radical (unpaired) electrons. The molecule has 2 heterocycles. The van der Waals surface area contributed by atoms with Gasteiger partial charge in [-0.15, -0.1) is 0 Å². The van der Waals surface area contributed by atoms with Crippen LogP contribution in [-0.4, -0.2) is 53.9 Å². The lowest BCUT2D eigenvalue weighted by atomic mass is 9.84. The highest BCUT2D eigenvalue weighted by molar-refractivity contribution is 7.92. The molecular weight excluding hydrogens is 568 g/mol. The molecule has 2 aromatic carbocycles. The van der Waals surface area contributed by atoms with Crippen molar-refractivity contribution in [2.45, 2.75) is 89.1 Å². The zero-order valence-electron chi connectivity index (χ0n) is 26.3. The number of nitrogens with one attached hydrogen (secondary N) is 2.